The number of ether oxygens (including phenoxy) is 3. The number of anilines is 2. The number of hydrogen-bond acceptors (Lipinski definition) is 28. The highest BCUT2D eigenvalue weighted by Crippen LogP contribution is 2.29. The summed E-state index contributed by atoms with van der Waals surface area (Å²) < 4.78 is 148. The number of aliphatic carboxylic acids is 2. The van der Waals surface area contributed by atoms with Crippen molar-refractivity contribution < 1.29 is 120 Å². The number of alkyl carbamates (subject to hydrolysis) is 1. The molecule has 0 fully saturated rings. The van der Waals surface area contributed by atoms with Crippen molar-refractivity contribution >= 4 is 139 Å². The maximum absolute atomic E-state index is 13.9. The van der Waals surface area contributed by atoms with E-state index in [4.69, 9.17) is 14.2 Å². The highest BCUT2D eigenvalue weighted by atomic mass is 32.2. The van der Waals surface area contributed by atoms with Crippen LogP contribution in [0.1, 0.15) is 115 Å². The Hall–Kier alpha value is -13.0. The van der Waals surface area contributed by atoms with Gasteiger partial charge in [-0.1, -0.05) is 0 Å². The van der Waals surface area contributed by atoms with Gasteiger partial charge < -0.3 is 92.9 Å². The predicted molar refractivity (Wildman–Crippen MR) is 463 cm³/mol. The molecule has 0 aliphatic heterocycles. The number of rotatable bonds is 53. The molecule has 9 amide bonds. The molecule has 4 aromatic heterocycles. The summed E-state index contributed by atoms with van der Waals surface area (Å²) in [5.74, 6) is -11.7. The largest absolute Gasteiger partial charge is 0.494 e. The molecule has 47 nitrogen and oxygen atoms in total. The zero-order chi connectivity index (χ0) is 94.6. The number of sulfonamides is 2. The molecule has 702 valence electrons. The van der Waals surface area contributed by atoms with Crippen molar-refractivity contribution in [2.75, 3.05) is 87.7 Å². The fourth-order valence-electron chi connectivity index (χ4n) is 13.1. The zero-order valence-electron chi connectivity index (χ0n) is 71.3. The first-order valence-electron chi connectivity index (χ1n) is 40.3. The third-order valence-electron chi connectivity index (χ3n) is 18.8. The van der Waals surface area contributed by atoms with Crippen molar-refractivity contribution in [2.45, 2.75) is 159 Å². The Morgan fingerprint density at radius 3 is 1.25 bits per heavy atom. The Bertz CT molecular complexity index is 5760. The van der Waals surface area contributed by atoms with E-state index in [1.807, 2.05) is 0 Å². The lowest BCUT2D eigenvalue weighted by Gasteiger charge is -2.25. The molecule has 51 heteroatoms. The quantitative estimate of drug-likeness (QED) is 0.0180. The number of nitrogens with one attached hydrogen (secondary N) is 15. The number of carboxylic acid groups (broad SMARTS) is 2. The van der Waals surface area contributed by atoms with Gasteiger partial charge in [0.1, 0.15) is 58.8 Å². The molecule has 0 saturated heterocycles. The van der Waals surface area contributed by atoms with Gasteiger partial charge in [0.15, 0.2) is 11.9 Å². The van der Waals surface area contributed by atoms with E-state index in [2.05, 4.69) is 98.1 Å². The number of H-pyrrole nitrogens is 2. The maximum Gasteiger partial charge on any atom is 0.408 e. The number of imidazole rings is 2. The Labute approximate surface area is 741 Å². The number of nitrogens with zero attached hydrogens (tertiary/aromatic N) is 6. The van der Waals surface area contributed by atoms with E-state index in [1.54, 1.807) is 70.8 Å². The lowest BCUT2D eigenvalue weighted by molar-refractivity contribution is -0.139. The van der Waals surface area contributed by atoms with Crippen LogP contribution in [0.5, 0.6) is 11.5 Å². The molecular weight excluding hydrogens is 1780 g/mol. The van der Waals surface area contributed by atoms with Crippen LogP contribution in [-0.4, -0.2) is 271 Å². The third kappa shape index (κ3) is 33.0. The molecule has 0 spiro atoms. The Kier molecular flexibility index (Phi) is 36.7. The molecule has 0 radical (unpaired) electrons. The molecular formula is C78H105N21O26S4. The van der Waals surface area contributed by atoms with E-state index in [-0.39, 0.29) is 113 Å². The minimum absolute atomic E-state index is 0.0708. The molecule has 19 N–H and O–H groups in total. The molecule has 0 aliphatic carbocycles. The summed E-state index contributed by atoms with van der Waals surface area (Å²) in [6.07, 6.45) is 8.27. The van der Waals surface area contributed by atoms with Gasteiger partial charge in [0, 0.05) is 131 Å². The molecule has 5 atom stereocenters. The van der Waals surface area contributed by atoms with Gasteiger partial charge in [-0.25, -0.2) is 31.6 Å². The van der Waals surface area contributed by atoms with Crippen LogP contribution in [0.25, 0.3) is 21.8 Å². The van der Waals surface area contributed by atoms with Crippen molar-refractivity contribution in [2.24, 2.45) is 0 Å². The van der Waals surface area contributed by atoms with Crippen molar-refractivity contribution in [1.82, 2.24) is 96.8 Å². The van der Waals surface area contributed by atoms with Crippen LogP contribution >= 0.6 is 0 Å². The summed E-state index contributed by atoms with van der Waals surface area (Å²) in [4.78, 5) is 158. The number of carbonyl (C=O) groups is 11. The topological polar surface area (TPSA) is 682 Å². The Morgan fingerprint density at radius 2 is 0.868 bits per heavy atom. The second-order valence-electron chi connectivity index (χ2n) is 30.5. The van der Waals surface area contributed by atoms with E-state index < -0.39 is 185 Å². The van der Waals surface area contributed by atoms with E-state index in [9.17, 15) is 106 Å². The molecule has 4 aromatic carbocycles. The average Bonchev–Trinajstić information content (AvgIpc) is 1.75. The number of aromatic amines is 2. The van der Waals surface area contributed by atoms with Crippen LogP contribution in [0.15, 0.2) is 108 Å². The summed E-state index contributed by atoms with van der Waals surface area (Å²) in [5.41, 5.74) is 1.32. The van der Waals surface area contributed by atoms with Crippen molar-refractivity contribution in [3.8, 4) is 11.5 Å². The van der Waals surface area contributed by atoms with Gasteiger partial charge >= 0.3 is 18.0 Å². The highest BCUT2D eigenvalue weighted by Gasteiger charge is 2.35. The lowest BCUT2D eigenvalue weighted by atomic mass is 10.1. The molecule has 0 aliphatic rings. The van der Waals surface area contributed by atoms with Gasteiger partial charge in [-0.3, -0.25) is 66.4 Å². The number of fused-ring (bicyclic) bond motifs is 2. The smallest absolute Gasteiger partial charge is 0.408 e. The minimum atomic E-state index is -5.08. The summed E-state index contributed by atoms with van der Waals surface area (Å²) in [7, 11) is -19.2. The molecule has 8 aromatic rings. The maximum atomic E-state index is 13.9. The van der Waals surface area contributed by atoms with E-state index >= 15 is 0 Å². The van der Waals surface area contributed by atoms with E-state index in [1.165, 1.54) is 84.9 Å². The number of carbonyl (C=O) groups excluding carboxylic acids is 9. The first-order valence-corrected chi connectivity index (χ1v) is 46.5. The van der Waals surface area contributed by atoms with Crippen LogP contribution < -0.4 is 77.4 Å². The van der Waals surface area contributed by atoms with Gasteiger partial charge in [-0.05, 0) is 163 Å². The van der Waals surface area contributed by atoms with Crippen LogP contribution in [0.4, 0.5) is 16.7 Å². The zero-order valence-corrected chi connectivity index (χ0v) is 74.5. The van der Waals surface area contributed by atoms with Crippen molar-refractivity contribution in [3.05, 3.63) is 131 Å². The second kappa shape index (κ2) is 46.7. The Morgan fingerprint density at radius 1 is 0.465 bits per heavy atom. The summed E-state index contributed by atoms with van der Waals surface area (Å²) in [6.45, 7) is 9.79. The first-order chi connectivity index (χ1) is 60.8. The summed E-state index contributed by atoms with van der Waals surface area (Å²) in [5, 5.41) is 57.4. The van der Waals surface area contributed by atoms with Gasteiger partial charge in [0.05, 0.1) is 46.4 Å². The fourth-order valence-corrected chi connectivity index (χ4v) is 17.6. The Balaban J connectivity index is 0.732. The van der Waals surface area contributed by atoms with Crippen LogP contribution in [0, 0.1) is 27.7 Å². The number of hydrogen-bond donors (Lipinski definition) is 19. The molecule has 8 rings (SSSR count). The van der Waals surface area contributed by atoms with Crippen LogP contribution in [0.2, 0.25) is 0 Å². The van der Waals surface area contributed by atoms with Crippen LogP contribution in [0.3, 0.4) is 0 Å². The predicted octanol–water partition coefficient (Wildman–Crippen LogP) is 0.295. The molecule has 0 unspecified atom stereocenters. The average molecular weight is 1880 g/mol. The first kappa shape index (κ1) is 101. The second-order valence-corrected chi connectivity index (χ2v) is 36.8. The molecule has 0 saturated carbocycles. The van der Waals surface area contributed by atoms with Gasteiger partial charge in [-0.15, -0.1) is 0 Å². The van der Waals surface area contributed by atoms with Crippen LogP contribution in [-0.2, 0) is 96.5 Å². The lowest BCUT2D eigenvalue weighted by Crippen LogP contribution is -2.57. The number of aryl methyl sites for hydroxylation is 6. The normalized spacial score (nSPS) is 13.0. The van der Waals surface area contributed by atoms with Crippen molar-refractivity contribution in [3.63, 3.8) is 0 Å². The molecule has 129 heavy (non-hydrogen) atoms. The highest BCUT2D eigenvalue weighted by molar-refractivity contribution is 7.90. The number of amides is 9. The van der Waals surface area contributed by atoms with E-state index in [0.29, 0.717) is 61.7 Å². The van der Waals surface area contributed by atoms with Gasteiger partial charge in [-0.2, -0.15) is 36.5 Å². The SMILES string of the molecule is Cc1cc(OCCCC(=O)NCCNC(=O)[C@H](CS(=O)(=O)O)NC(=O)CC[C@H](NC(=O)OC(C)(C)C)C(=O)N[C@@H](CS(=O)(=O)O)C(=O)NCCNC(=O)CCCOc2cc(C)c(S(=O)(=O)N[C@@H](CNC(=O)c3ccc4c(cnn4CCCNc4ncc[nH]4)c3)C(=O)O)c(C)c2)cc(C)c1S(=O)(=O)N[C@@H](CNC(=O)c1ccc2c(cnn2CCCNc2ncc[nH]2)c1)C(=O)O. The summed E-state index contributed by atoms with van der Waals surface area (Å²) >= 11 is 0. The van der Waals surface area contributed by atoms with Gasteiger partial charge in [0.2, 0.25) is 55.5 Å². The molecule has 4 heterocycles. The van der Waals surface area contributed by atoms with E-state index in [0.717, 1.165) is 11.0 Å². The standard InChI is InChI=1S/C78H105N21O26S4/c1-46-34-54(35-47(2)66(46)128(119,120)96-57(73(108)109)42-89-68(103)50-14-17-61-52(38-50)40-91-98(61)30-10-20-83-75-85-26-27-86-75)123-32-8-12-63(100)79-22-24-81-70(105)59(44-126(113,114)115)93-65(102)19-16-56(95-77(112)125-78(5,6)7)72(107)94-60(45-127(116,117)118)71(106)82-25-23-80-64(101)13-9-33-124-55-36-48(3)67(49(4)37-55)129(121,122)97-58(74(110)111)43-90-69(104)51-15-18-62-53(39-51)41-92-99(62)31-11-21-84-76-87-28-29-88-76/h14-15,17-18,26-29,34-41,56-60,96-97H,8-13,16,19-25,30-33,42-45H2,1-7H3,(H,79,100)(H,80,101)(H,81,105)(H,82,106)(H,89,103)(H,90,104)(H,93,102)(H,94,107)(H,95,112)(H,108,109)(H,110,111)(H2,83,85,86)(H2,84,87,88)(H,113,114,115)(H,116,117,118)/t56-,57-,58-,59-,60-/m0/s1. The number of aromatic nitrogens is 8. The number of carboxylic acids is 2. The monoisotopic (exact) mass is 1880 g/mol. The molecule has 0 bridgehead atoms. The summed E-state index contributed by atoms with van der Waals surface area (Å²) in [6, 6.07) is 5.55. The van der Waals surface area contributed by atoms with Crippen molar-refractivity contribution in [1.29, 1.82) is 0 Å². The fraction of sp³-hybridized carbons (Fsp3) is 0.449. The number of benzene rings is 4. The van der Waals surface area contributed by atoms with Gasteiger partial charge in [0.25, 0.3) is 32.1 Å². The third-order valence-corrected chi connectivity index (χ3v) is 23.9. The minimum Gasteiger partial charge on any atom is -0.494 e.